The molecule has 3 heteroatoms. The monoisotopic (exact) mass is 307 g/mol. The van der Waals surface area contributed by atoms with Crippen molar-refractivity contribution in [3.05, 3.63) is 29.3 Å². The Labute approximate surface area is 135 Å². The molecule has 1 aromatic carbocycles. The Balaban J connectivity index is 2.88. The first kappa shape index (κ1) is 19.0. The second-order valence-electron chi connectivity index (χ2n) is 7.09. The van der Waals surface area contributed by atoms with Gasteiger partial charge in [0.05, 0.1) is 6.61 Å². The molecule has 3 nitrogen and oxygen atoms in total. The van der Waals surface area contributed by atoms with Gasteiger partial charge in [-0.05, 0) is 53.8 Å². The van der Waals surface area contributed by atoms with Crippen LogP contribution >= 0.6 is 0 Å². The zero-order valence-electron chi connectivity index (χ0n) is 14.8. The second kappa shape index (κ2) is 9.16. The number of aliphatic hydroxyl groups excluding tert-OH is 1. The van der Waals surface area contributed by atoms with E-state index in [4.69, 9.17) is 10.5 Å². The molecule has 2 atom stereocenters. The Morgan fingerprint density at radius 3 is 2.32 bits per heavy atom. The topological polar surface area (TPSA) is 55.5 Å². The molecule has 126 valence electrons. The molecule has 1 rings (SSSR count). The van der Waals surface area contributed by atoms with Gasteiger partial charge in [-0.15, -0.1) is 0 Å². The minimum absolute atomic E-state index is 0.157. The summed E-state index contributed by atoms with van der Waals surface area (Å²) in [6.07, 6.45) is 0.937. The number of nitrogens with two attached hydrogens (primary N) is 1. The van der Waals surface area contributed by atoms with Crippen LogP contribution in [0.25, 0.3) is 0 Å². The molecule has 0 aliphatic rings. The maximum absolute atomic E-state index is 9.38. The third-order valence-corrected chi connectivity index (χ3v) is 4.17. The Morgan fingerprint density at radius 1 is 1.14 bits per heavy atom. The van der Waals surface area contributed by atoms with Crippen LogP contribution in [-0.2, 0) is 6.42 Å². The molecule has 0 saturated heterocycles. The van der Waals surface area contributed by atoms with E-state index in [1.165, 1.54) is 11.1 Å². The van der Waals surface area contributed by atoms with E-state index < -0.39 is 0 Å². The van der Waals surface area contributed by atoms with E-state index in [-0.39, 0.29) is 12.5 Å². The van der Waals surface area contributed by atoms with E-state index >= 15 is 0 Å². The number of ether oxygens (including phenoxy) is 1. The lowest BCUT2D eigenvalue weighted by Crippen LogP contribution is -2.26. The van der Waals surface area contributed by atoms with Crippen LogP contribution in [0.1, 0.15) is 51.7 Å². The van der Waals surface area contributed by atoms with Crippen molar-refractivity contribution in [2.24, 2.45) is 23.5 Å². The second-order valence-corrected chi connectivity index (χ2v) is 7.09. The van der Waals surface area contributed by atoms with Gasteiger partial charge in [0.1, 0.15) is 5.75 Å². The Bertz CT molecular complexity index is 439. The fraction of sp³-hybridized carbons (Fsp3) is 0.684. The number of aliphatic hydroxyl groups is 1. The molecule has 22 heavy (non-hydrogen) atoms. The average molecular weight is 307 g/mol. The normalized spacial score (nSPS) is 14.4. The van der Waals surface area contributed by atoms with E-state index in [1.807, 2.05) is 0 Å². The first-order valence-corrected chi connectivity index (χ1v) is 8.45. The predicted molar refractivity (Wildman–Crippen MR) is 93.4 cm³/mol. The molecule has 0 radical (unpaired) electrons. The Morgan fingerprint density at radius 2 is 1.82 bits per heavy atom. The summed E-state index contributed by atoms with van der Waals surface area (Å²) in [5.74, 6) is 2.49. The highest BCUT2D eigenvalue weighted by Crippen LogP contribution is 2.29. The van der Waals surface area contributed by atoms with Crippen molar-refractivity contribution >= 4 is 0 Å². The summed E-state index contributed by atoms with van der Waals surface area (Å²) in [4.78, 5) is 0. The Hall–Kier alpha value is -1.06. The molecule has 0 aliphatic carbocycles. The number of hydrogen-bond acceptors (Lipinski definition) is 3. The molecular weight excluding hydrogens is 274 g/mol. The fourth-order valence-electron chi connectivity index (χ4n) is 2.59. The van der Waals surface area contributed by atoms with Gasteiger partial charge in [0.25, 0.3) is 0 Å². The average Bonchev–Trinajstić information content (AvgIpc) is 2.46. The van der Waals surface area contributed by atoms with Gasteiger partial charge < -0.3 is 15.6 Å². The number of benzene rings is 1. The van der Waals surface area contributed by atoms with Gasteiger partial charge in [0.15, 0.2) is 0 Å². The number of hydrogen-bond donors (Lipinski definition) is 2. The van der Waals surface area contributed by atoms with E-state index in [9.17, 15) is 5.11 Å². The van der Waals surface area contributed by atoms with Crippen molar-refractivity contribution in [1.82, 2.24) is 0 Å². The minimum atomic E-state index is 0.157. The molecule has 0 aromatic heterocycles. The lowest BCUT2D eigenvalue weighted by atomic mass is 9.87. The summed E-state index contributed by atoms with van der Waals surface area (Å²) >= 11 is 0. The van der Waals surface area contributed by atoms with Crippen molar-refractivity contribution < 1.29 is 9.84 Å². The standard InChI is InChI=1S/C19H33NO2/c1-13(2)12-22-19-7-6-16(9-18(19)14(3)4)8-15(5)17(10-20)11-21/h6-7,9,13-15,17,21H,8,10-12,20H2,1-5H3. The zero-order valence-corrected chi connectivity index (χ0v) is 14.8. The first-order chi connectivity index (χ1) is 10.4. The highest BCUT2D eigenvalue weighted by molar-refractivity contribution is 5.39. The molecule has 3 N–H and O–H groups in total. The zero-order chi connectivity index (χ0) is 16.7. The van der Waals surface area contributed by atoms with Gasteiger partial charge in [0, 0.05) is 6.61 Å². The first-order valence-electron chi connectivity index (χ1n) is 8.45. The minimum Gasteiger partial charge on any atom is -0.493 e. The highest BCUT2D eigenvalue weighted by atomic mass is 16.5. The quantitative estimate of drug-likeness (QED) is 0.733. The largest absolute Gasteiger partial charge is 0.493 e. The van der Waals surface area contributed by atoms with Gasteiger partial charge in [-0.1, -0.05) is 46.8 Å². The molecule has 0 heterocycles. The van der Waals surface area contributed by atoms with Crippen LogP contribution in [0, 0.1) is 17.8 Å². The van der Waals surface area contributed by atoms with Crippen molar-refractivity contribution in [1.29, 1.82) is 0 Å². The van der Waals surface area contributed by atoms with Crippen LogP contribution in [-0.4, -0.2) is 24.9 Å². The molecule has 0 bridgehead atoms. The summed E-state index contributed by atoms with van der Waals surface area (Å²) in [6, 6.07) is 6.49. The maximum atomic E-state index is 9.38. The molecule has 1 aromatic rings. The lowest BCUT2D eigenvalue weighted by molar-refractivity contribution is 0.187. The SMILES string of the molecule is CC(C)COc1ccc(CC(C)C(CN)CO)cc1C(C)C. The van der Waals surface area contributed by atoms with Crippen molar-refractivity contribution in [3.8, 4) is 5.75 Å². The molecule has 0 saturated carbocycles. The lowest BCUT2D eigenvalue weighted by Gasteiger charge is -2.22. The predicted octanol–water partition coefficient (Wildman–Crippen LogP) is 3.59. The van der Waals surface area contributed by atoms with Crippen molar-refractivity contribution in [2.45, 2.75) is 47.0 Å². The summed E-state index contributed by atoms with van der Waals surface area (Å²) < 4.78 is 5.95. The van der Waals surface area contributed by atoms with E-state index in [2.05, 4.69) is 52.8 Å². The van der Waals surface area contributed by atoms with Crippen LogP contribution in [0.15, 0.2) is 18.2 Å². The van der Waals surface area contributed by atoms with Crippen LogP contribution in [0.5, 0.6) is 5.75 Å². The van der Waals surface area contributed by atoms with E-state index in [0.717, 1.165) is 18.8 Å². The smallest absolute Gasteiger partial charge is 0.122 e. The Kier molecular flexibility index (Phi) is 7.91. The van der Waals surface area contributed by atoms with Crippen molar-refractivity contribution in [3.63, 3.8) is 0 Å². The molecular formula is C19H33NO2. The van der Waals surface area contributed by atoms with Gasteiger partial charge >= 0.3 is 0 Å². The van der Waals surface area contributed by atoms with Crippen LogP contribution < -0.4 is 10.5 Å². The summed E-state index contributed by atoms with van der Waals surface area (Å²) in [7, 11) is 0. The molecule has 2 unspecified atom stereocenters. The van der Waals surface area contributed by atoms with E-state index in [1.54, 1.807) is 0 Å². The number of rotatable bonds is 9. The molecule has 0 fully saturated rings. The summed E-state index contributed by atoms with van der Waals surface area (Å²) in [5, 5.41) is 9.38. The van der Waals surface area contributed by atoms with Gasteiger partial charge in [-0.3, -0.25) is 0 Å². The molecule has 0 spiro atoms. The van der Waals surface area contributed by atoms with Gasteiger partial charge in [-0.25, -0.2) is 0 Å². The fourth-order valence-corrected chi connectivity index (χ4v) is 2.59. The highest BCUT2D eigenvalue weighted by Gasteiger charge is 2.17. The van der Waals surface area contributed by atoms with Crippen LogP contribution in [0.4, 0.5) is 0 Å². The third kappa shape index (κ3) is 5.62. The van der Waals surface area contributed by atoms with Crippen LogP contribution in [0.3, 0.4) is 0 Å². The molecule has 0 aliphatic heterocycles. The third-order valence-electron chi connectivity index (χ3n) is 4.17. The maximum Gasteiger partial charge on any atom is 0.122 e. The van der Waals surface area contributed by atoms with Gasteiger partial charge in [0.2, 0.25) is 0 Å². The van der Waals surface area contributed by atoms with Crippen molar-refractivity contribution in [2.75, 3.05) is 19.8 Å². The summed E-state index contributed by atoms with van der Waals surface area (Å²) in [6.45, 7) is 12.3. The molecule has 0 amide bonds. The van der Waals surface area contributed by atoms with Crippen LogP contribution in [0.2, 0.25) is 0 Å². The summed E-state index contributed by atoms with van der Waals surface area (Å²) in [5.41, 5.74) is 8.28. The van der Waals surface area contributed by atoms with Gasteiger partial charge in [-0.2, -0.15) is 0 Å². The van der Waals surface area contributed by atoms with E-state index in [0.29, 0.717) is 24.3 Å².